The molecule has 78 valence electrons. The Hall–Kier alpha value is -0.380. The van der Waals surface area contributed by atoms with Crippen LogP contribution >= 0.6 is 11.8 Å². The maximum atomic E-state index is 8.54. The maximum Gasteiger partial charge on any atom is 0.144 e. The number of oxime groups is 1. The third-order valence-corrected chi connectivity index (χ3v) is 3.09. The van der Waals surface area contributed by atoms with Gasteiger partial charge in [0.15, 0.2) is 0 Å². The first kappa shape index (κ1) is 12.6. The zero-order chi connectivity index (χ0) is 10.5. The van der Waals surface area contributed by atoms with Crippen LogP contribution in [0, 0.1) is 5.41 Å². The maximum absolute atomic E-state index is 8.54. The fourth-order valence-electron chi connectivity index (χ4n) is 0.813. The molecule has 0 aliphatic heterocycles. The molecule has 3 N–H and O–H groups in total. The van der Waals surface area contributed by atoms with E-state index in [2.05, 4.69) is 19.0 Å². The lowest BCUT2D eigenvalue weighted by Gasteiger charge is -2.22. The smallest absolute Gasteiger partial charge is 0.144 e. The molecular weight excluding hydrogens is 184 g/mol. The summed E-state index contributed by atoms with van der Waals surface area (Å²) in [5, 5.41) is 12.2. The highest BCUT2D eigenvalue weighted by Gasteiger charge is 2.22. The van der Waals surface area contributed by atoms with Crippen LogP contribution in [0.25, 0.3) is 0 Å². The summed E-state index contributed by atoms with van der Waals surface area (Å²) in [7, 11) is 0. The van der Waals surface area contributed by atoms with E-state index in [-0.39, 0.29) is 5.41 Å². The molecule has 0 radical (unpaired) electrons. The van der Waals surface area contributed by atoms with E-state index in [0.29, 0.717) is 11.1 Å². The van der Waals surface area contributed by atoms with Gasteiger partial charge in [0.2, 0.25) is 0 Å². The zero-order valence-corrected chi connectivity index (χ0v) is 9.69. The average molecular weight is 204 g/mol. The molecule has 0 saturated carbocycles. The van der Waals surface area contributed by atoms with Crippen molar-refractivity contribution in [1.82, 2.24) is 0 Å². The molecule has 0 fully saturated rings. The molecule has 0 aromatic rings. The Bertz CT molecular complexity index is 178. The van der Waals surface area contributed by atoms with Crippen LogP contribution in [-0.2, 0) is 0 Å². The molecule has 0 aromatic carbocycles. The van der Waals surface area contributed by atoms with E-state index in [9.17, 15) is 0 Å². The molecule has 0 saturated heterocycles. The molecule has 0 unspecified atom stereocenters. The second-order valence-corrected chi connectivity index (χ2v) is 5.72. The summed E-state index contributed by atoms with van der Waals surface area (Å²) >= 11 is 1.89. The van der Waals surface area contributed by atoms with E-state index in [1.54, 1.807) is 0 Å². The fraction of sp³-hybridized carbons (Fsp3) is 0.889. The van der Waals surface area contributed by atoms with Crippen molar-refractivity contribution in [3.8, 4) is 0 Å². The molecule has 4 heteroatoms. The topological polar surface area (TPSA) is 58.6 Å². The van der Waals surface area contributed by atoms with Crippen LogP contribution in [0.2, 0.25) is 0 Å². The summed E-state index contributed by atoms with van der Waals surface area (Å²) in [6.45, 7) is 8.31. The third kappa shape index (κ3) is 5.03. The van der Waals surface area contributed by atoms with Gasteiger partial charge in [0.1, 0.15) is 5.84 Å². The Labute approximate surface area is 84.8 Å². The minimum Gasteiger partial charge on any atom is -0.409 e. The Morgan fingerprint density at radius 1 is 1.54 bits per heavy atom. The number of amidine groups is 1. The van der Waals surface area contributed by atoms with Gasteiger partial charge in [-0.3, -0.25) is 0 Å². The second kappa shape index (κ2) is 5.37. The molecule has 0 aliphatic rings. The highest BCUT2D eigenvalue weighted by molar-refractivity contribution is 7.99. The lowest BCUT2D eigenvalue weighted by atomic mass is 9.89. The summed E-state index contributed by atoms with van der Waals surface area (Å²) in [5.74, 6) is 1.36. The number of nitrogens with zero attached hydrogens (tertiary/aromatic N) is 1. The van der Waals surface area contributed by atoms with Crippen LogP contribution in [0.1, 0.15) is 34.1 Å². The van der Waals surface area contributed by atoms with E-state index in [1.807, 2.05) is 25.6 Å². The van der Waals surface area contributed by atoms with Gasteiger partial charge in [-0.25, -0.2) is 0 Å². The largest absolute Gasteiger partial charge is 0.409 e. The minimum absolute atomic E-state index is 0.198. The number of nitrogens with two attached hydrogens (primary N) is 1. The van der Waals surface area contributed by atoms with Crippen molar-refractivity contribution in [2.75, 3.05) is 5.75 Å². The molecule has 0 rings (SSSR count). The fourth-order valence-corrected chi connectivity index (χ4v) is 1.91. The van der Waals surface area contributed by atoms with Crippen molar-refractivity contribution in [3.05, 3.63) is 0 Å². The summed E-state index contributed by atoms with van der Waals surface area (Å²) in [5.41, 5.74) is 5.36. The Morgan fingerprint density at radius 3 is 2.46 bits per heavy atom. The molecule has 0 amide bonds. The van der Waals surface area contributed by atoms with Gasteiger partial charge < -0.3 is 10.9 Å². The lowest BCUT2D eigenvalue weighted by Crippen LogP contribution is -2.32. The van der Waals surface area contributed by atoms with Crippen LogP contribution in [0.4, 0.5) is 0 Å². The van der Waals surface area contributed by atoms with Gasteiger partial charge in [-0.2, -0.15) is 11.8 Å². The summed E-state index contributed by atoms with van der Waals surface area (Å²) in [4.78, 5) is 0. The quantitative estimate of drug-likeness (QED) is 0.313. The van der Waals surface area contributed by atoms with Crippen LogP contribution in [0.3, 0.4) is 0 Å². The molecule has 0 bridgehead atoms. The van der Waals surface area contributed by atoms with Crippen molar-refractivity contribution >= 4 is 17.6 Å². The van der Waals surface area contributed by atoms with Gasteiger partial charge in [0.25, 0.3) is 0 Å². The Balaban J connectivity index is 3.90. The zero-order valence-electron chi connectivity index (χ0n) is 8.87. The molecule has 3 nitrogen and oxygen atoms in total. The van der Waals surface area contributed by atoms with Crippen LogP contribution in [-0.4, -0.2) is 22.0 Å². The third-order valence-electron chi connectivity index (χ3n) is 1.98. The summed E-state index contributed by atoms with van der Waals surface area (Å²) in [6.07, 6.45) is 0.936. The first-order chi connectivity index (χ1) is 5.90. The van der Waals surface area contributed by atoms with E-state index in [0.717, 1.165) is 12.2 Å². The standard InChI is InChI=1S/C9H20N2OS/c1-7(2)13-6-5-9(3,4)8(10)11-12/h7,12H,5-6H2,1-4H3,(H2,10,11). The number of hydrogen-bond acceptors (Lipinski definition) is 3. The second-order valence-electron chi connectivity index (χ2n) is 4.04. The molecule has 13 heavy (non-hydrogen) atoms. The first-order valence-electron chi connectivity index (χ1n) is 4.49. The van der Waals surface area contributed by atoms with Crippen molar-refractivity contribution in [1.29, 1.82) is 0 Å². The molecular formula is C9H20N2OS. The van der Waals surface area contributed by atoms with Gasteiger partial charge in [-0.15, -0.1) is 0 Å². The number of thioether (sulfide) groups is 1. The number of rotatable bonds is 5. The van der Waals surface area contributed by atoms with E-state index in [4.69, 9.17) is 10.9 Å². The van der Waals surface area contributed by atoms with Crippen molar-refractivity contribution < 1.29 is 5.21 Å². The minimum atomic E-state index is -0.198. The van der Waals surface area contributed by atoms with Crippen LogP contribution in [0.15, 0.2) is 5.16 Å². The first-order valence-corrected chi connectivity index (χ1v) is 5.54. The Morgan fingerprint density at radius 2 is 2.08 bits per heavy atom. The van der Waals surface area contributed by atoms with Crippen molar-refractivity contribution in [2.45, 2.75) is 39.4 Å². The predicted molar refractivity (Wildman–Crippen MR) is 59.4 cm³/mol. The summed E-state index contributed by atoms with van der Waals surface area (Å²) < 4.78 is 0. The predicted octanol–water partition coefficient (Wildman–Crippen LogP) is 2.29. The normalized spacial score (nSPS) is 13.8. The lowest BCUT2D eigenvalue weighted by molar-refractivity contribution is 0.307. The molecule has 0 aromatic heterocycles. The van der Waals surface area contributed by atoms with Crippen LogP contribution in [0.5, 0.6) is 0 Å². The summed E-state index contributed by atoms with van der Waals surface area (Å²) in [6, 6.07) is 0. The van der Waals surface area contributed by atoms with E-state index in [1.165, 1.54) is 0 Å². The van der Waals surface area contributed by atoms with Gasteiger partial charge in [-0.05, 0) is 17.4 Å². The van der Waals surface area contributed by atoms with Crippen LogP contribution < -0.4 is 5.73 Å². The van der Waals surface area contributed by atoms with Gasteiger partial charge in [0.05, 0.1) is 0 Å². The van der Waals surface area contributed by atoms with Crippen molar-refractivity contribution in [2.24, 2.45) is 16.3 Å². The molecule has 0 spiro atoms. The van der Waals surface area contributed by atoms with Gasteiger partial charge >= 0.3 is 0 Å². The monoisotopic (exact) mass is 204 g/mol. The Kier molecular flexibility index (Phi) is 5.21. The molecule has 0 heterocycles. The van der Waals surface area contributed by atoms with E-state index < -0.39 is 0 Å². The number of hydrogen-bond donors (Lipinski definition) is 2. The van der Waals surface area contributed by atoms with Gasteiger partial charge in [0, 0.05) is 5.41 Å². The molecule has 0 aliphatic carbocycles. The highest BCUT2D eigenvalue weighted by Crippen LogP contribution is 2.24. The van der Waals surface area contributed by atoms with E-state index >= 15 is 0 Å². The highest BCUT2D eigenvalue weighted by atomic mass is 32.2. The average Bonchev–Trinajstić information content (AvgIpc) is 2.01. The van der Waals surface area contributed by atoms with Crippen molar-refractivity contribution in [3.63, 3.8) is 0 Å². The molecule has 0 atom stereocenters. The van der Waals surface area contributed by atoms with Gasteiger partial charge in [-0.1, -0.05) is 32.9 Å². The SMILES string of the molecule is CC(C)SCCC(C)(C)C(N)=NO.